The number of hydrogen-bond acceptors (Lipinski definition) is 1. The standard InChI is InChI=1S/C2H9B3O/c3-5-4-1-2-6/h4-6H,1-3H2. The molecule has 0 aromatic heterocycles. The predicted molar refractivity (Wildman–Crippen MR) is 34.7 cm³/mol. The molecule has 0 unspecified atom stereocenters. The van der Waals surface area contributed by atoms with Crippen LogP contribution in [-0.2, 0) is 0 Å². The predicted octanol–water partition coefficient (Wildman–Crippen LogP) is -2.27. The number of hydrogen-bond donors (Lipinski definition) is 1. The Labute approximate surface area is 41.0 Å². The van der Waals surface area contributed by atoms with Gasteiger partial charge >= 0.3 is 0 Å². The van der Waals surface area contributed by atoms with Gasteiger partial charge in [-0.25, -0.2) is 0 Å². The summed E-state index contributed by atoms with van der Waals surface area (Å²) in [4.78, 5) is 0. The highest BCUT2D eigenvalue weighted by molar-refractivity contribution is 7.23. The van der Waals surface area contributed by atoms with Crippen molar-refractivity contribution in [2.45, 2.75) is 6.32 Å². The highest BCUT2D eigenvalue weighted by Gasteiger charge is 1.82. The van der Waals surface area contributed by atoms with Gasteiger partial charge in [-0.1, -0.05) is 6.32 Å². The van der Waals surface area contributed by atoms with Gasteiger partial charge in [-0.05, 0) is 0 Å². The lowest BCUT2D eigenvalue weighted by Gasteiger charge is -1.81. The summed E-state index contributed by atoms with van der Waals surface area (Å²) in [5.74, 6) is 0. The Kier molecular flexibility index (Phi) is 5.29. The van der Waals surface area contributed by atoms with E-state index in [0.717, 1.165) is 13.5 Å². The molecule has 32 valence electrons. The van der Waals surface area contributed by atoms with Crippen molar-refractivity contribution in [3.8, 4) is 0 Å². The van der Waals surface area contributed by atoms with Crippen molar-refractivity contribution < 1.29 is 5.11 Å². The third-order valence-electron chi connectivity index (χ3n) is 0.762. The molecule has 0 fully saturated rings. The van der Waals surface area contributed by atoms with Gasteiger partial charge in [0.05, 0.1) is 22.0 Å². The zero-order valence-corrected chi connectivity index (χ0v) is 4.28. The topological polar surface area (TPSA) is 20.2 Å². The minimum Gasteiger partial charge on any atom is -0.397 e. The zero-order valence-electron chi connectivity index (χ0n) is 4.28. The molecule has 0 aliphatic carbocycles. The van der Waals surface area contributed by atoms with Crippen LogP contribution in [0.4, 0.5) is 0 Å². The van der Waals surface area contributed by atoms with E-state index in [1.54, 1.807) is 0 Å². The van der Waals surface area contributed by atoms with Crippen LogP contribution in [0.1, 0.15) is 0 Å². The molecule has 1 nitrogen and oxygen atoms in total. The largest absolute Gasteiger partial charge is 0.397 e. The quantitative estimate of drug-likeness (QED) is 0.300. The van der Waals surface area contributed by atoms with Crippen LogP contribution in [0.25, 0.3) is 0 Å². The highest BCUT2D eigenvalue weighted by Crippen LogP contribution is 1.67. The van der Waals surface area contributed by atoms with Crippen LogP contribution in [-0.4, -0.2) is 33.7 Å². The van der Waals surface area contributed by atoms with Crippen molar-refractivity contribution >= 4 is 22.0 Å². The van der Waals surface area contributed by atoms with Gasteiger partial charge in [-0.15, -0.1) is 0 Å². The van der Waals surface area contributed by atoms with E-state index in [1.165, 1.54) is 7.06 Å². The summed E-state index contributed by atoms with van der Waals surface area (Å²) in [6, 6.07) is 0. The minimum absolute atomic E-state index is 0.355. The molecular formula is C2H9B3O. The average Bonchev–Trinajstić information content (AvgIpc) is 1.61. The molecule has 0 aliphatic heterocycles. The lowest BCUT2D eigenvalue weighted by molar-refractivity contribution is 0.318. The Balaban J connectivity index is 2.34. The monoisotopic (exact) mass is 82.1 g/mol. The summed E-state index contributed by atoms with van der Waals surface area (Å²) >= 11 is 0. The van der Waals surface area contributed by atoms with Crippen LogP contribution >= 0.6 is 0 Å². The normalized spacial score (nSPS) is 7.50. The van der Waals surface area contributed by atoms with E-state index in [-0.39, 0.29) is 0 Å². The van der Waals surface area contributed by atoms with Crippen molar-refractivity contribution in [3.05, 3.63) is 0 Å². The van der Waals surface area contributed by atoms with Crippen LogP contribution in [0, 0.1) is 0 Å². The molecular weight excluding hydrogens is 72.5 g/mol. The zero-order chi connectivity index (χ0) is 4.83. The van der Waals surface area contributed by atoms with E-state index in [1.807, 2.05) is 0 Å². The second-order valence-corrected chi connectivity index (χ2v) is 1.43. The Morgan fingerprint density at radius 2 is 2.33 bits per heavy atom. The summed E-state index contributed by atoms with van der Waals surface area (Å²) in [5, 5.41) is 8.20. The maximum atomic E-state index is 8.20. The summed E-state index contributed by atoms with van der Waals surface area (Å²) in [6.45, 7) is 0.355. The average molecular weight is 81.5 g/mol. The summed E-state index contributed by atoms with van der Waals surface area (Å²) in [7, 11) is 4.48. The Morgan fingerprint density at radius 3 is 2.50 bits per heavy atom. The van der Waals surface area contributed by atoms with Gasteiger partial charge in [0.25, 0.3) is 0 Å². The summed E-state index contributed by atoms with van der Waals surface area (Å²) in [5.41, 5.74) is 0. The molecule has 0 aromatic rings. The molecule has 0 aliphatic rings. The van der Waals surface area contributed by atoms with E-state index in [2.05, 4.69) is 7.74 Å². The first kappa shape index (κ1) is 6.15. The molecule has 6 heavy (non-hydrogen) atoms. The molecule has 0 heterocycles. The smallest absolute Gasteiger partial charge is 0.0808 e. The van der Waals surface area contributed by atoms with E-state index in [4.69, 9.17) is 5.11 Å². The lowest BCUT2D eigenvalue weighted by Crippen LogP contribution is -2.03. The fourth-order valence-electron chi connectivity index (χ4n) is 0.362. The maximum Gasteiger partial charge on any atom is 0.0808 e. The first-order valence-electron chi connectivity index (χ1n) is 2.52. The van der Waals surface area contributed by atoms with E-state index in [0.29, 0.717) is 6.61 Å². The Hall–Kier alpha value is 0.155. The second kappa shape index (κ2) is 5.15. The van der Waals surface area contributed by atoms with Crippen LogP contribution in [0.5, 0.6) is 0 Å². The first-order chi connectivity index (χ1) is 2.91. The van der Waals surface area contributed by atoms with Crippen molar-refractivity contribution in [1.29, 1.82) is 0 Å². The van der Waals surface area contributed by atoms with Gasteiger partial charge in [0.1, 0.15) is 0 Å². The number of aliphatic hydroxyl groups excluding tert-OH is 1. The molecule has 0 saturated carbocycles. The fraction of sp³-hybridized carbons (Fsp3) is 1.00. The maximum absolute atomic E-state index is 8.20. The van der Waals surface area contributed by atoms with Crippen molar-refractivity contribution in [1.82, 2.24) is 0 Å². The van der Waals surface area contributed by atoms with Gasteiger partial charge in [0, 0.05) is 6.61 Å². The van der Waals surface area contributed by atoms with E-state index < -0.39 is 0 Å². The van der Waals surface area contributed by atoms with Crippen molar-refractivity contribution in [2.75, 3.05) is 6.61 Å². The van der Waals surface area contributed by atoms with Crippen molar-refractivity contribution in [3.63, 3.8) is 0 Å². The molecule has 0 radical (unpaired) electrons. The molecule has 0 spiro atoms. The van der Waals surface area contributed by atoms with Crippen molar-refractivity contribution in [2.24, 2.45) is 0 Å². The van der Waals surface area contributed by atoms with Crippen LogP contribution < -0.4 is 0 Å². The molecule has 4 heteroatoms. The van der Waals surface area contributed by atoms with Crippen LogP contribution in [0.15, 0.2) is 0 Å². The Bertz CT molecular complexity index is 20.8. The molecule has 0 bridgehead atoms. The highest BCUT2D eigenvalue weighted by atomic mass is 16.2. The van der Waals surface area contributed by atoms with Gasteiger partial charge in [-0.3, -0.25) is 0 Å². The van der Waals surface area contributed by atoms with Gasteiger partial charge in [0.2, 0.25) is 0 Å². The van der Waals surface area contributed by atoms with Gasteiger partial charge < -0.3 is 5.11 Å². The van der Waals surface area contributed by atoms with E-state index >= 15 is 0 Å². The number of rotatable bonds is 3. The van der Waals surface area contributed by atoms with E-state index in [9.17, 15) is 0 Å². The van der Waals surface area contributed by atoms with Gasteiger partial charge in [0.15, 0.2) is 0 Å². The minimum atomic E-state index is 0.355. The fourth-order valence-corrected chi connectivity index (χ4v) is 0.362. The third kappa shape index (κ3) is 4.15. The first-order valence-corrected chi connectivity index (χ1v) is 2.52. The SMILES string of the molecule is BBBCCO. The second-order valence-electron chi connectivity index (χ2n) is 1.43. The van der Waals surface area contributed by atoms with Crippen LogP contribution in [0.3, 0.4) is 0 Å². The molecule has 1 N–H and O–H groups in total. The summed E-state index contributed by atoms with van der Waals surface area (Å²) < 4.78 is 0. The van der Waals surface area contributed by atoms with Crippen LogP contribution in [0.2, 0.25) is 6.32 Å². The molecule has 0 rings (SSSR count). The lowest BCUT2D eigenvalue weighted by atomic mass is 9.27. The molecule has 0 aromatic carbocycles. The van der Waals surface area contributed by atoms with Gasteiger partial charge in [-0.2, -0.15) is 0 Å². The number of aliphatic hydroxyl groups is 1. The Morgan fingerprint density at radius 1 is 1.67 bits per heavy atom. The summed E-state index contributed by atoms with van der Waals surface area (Å²) in [6.07, 6.45) is 0.969. The molecule has 0 atom stereocenters. The molecule has 0 saturated heterocycles. The third-order valence-corrected chi connectivity index (χ3v) is 0.762. The molecule has 0 amide bonds.